The summed E-state index contributed by atoms with van der Waals surface area (Å²) in [6.07, 6.45) is 1.02. The van der Waals surface area contributed by atoms with Crippen molar-refractivity contribution in [2.75, 3.05) is 13.1 Å². The summed E-state index contributed by atoms with van der Waals surface area (Å²) >= 11 is 1.67. The predicted octanol–water partition coefficient (Wildman–Crippen LogP) is 2.40. The molecular formula is C13H24N4OS. The van der Waals surface area contributed by atoms with Crippen molar-refractivity contribution in [3.8, 4) is 0 Å². The summed E-state index contributed by atoms with van der Waals surface area (Å²) in [5.41, 5.74) is 6.77. The van der Waals surface area contributed by atoms with Gasteiger partial charge in [0.05, 0.1) is 18.8 Å². The Bertz CT molecular complexity index is 423. The molecule has 1 aromatic rings. The van der Waals surface area contributed by atoms with Gasteiger partial charge in [0.25, 0.3) is 0 Å². The van der Waals surface area contributed by atoms with E-state index in [1.54, 1.807) is 11.3 Å². The molecule has 0 saturated heterocycles. The van der Waals surface area contributed by atoms with Crippen LogP contribution < -0.4 is 5.73 Å². The van der Waals surface area contributed by atoms with E-state index in [-0.39, 0.29) is 11.3 Å². The average molecular weight is 284 g/mol. The molecule has 0 spiro atoms. The van der Waals surface area contributed by atoms with Gasteiger partial charge >= 0.3 is 0 Å². The fraction of sp³-hybridized carbons (Fsp3) is 0.692. The molecule has 0 radical (unpaired) electrons. The monoisotopic (exact) mass is 284 g/mol. The van der Waals surface area contributed by atoms with Crippen molar-refractivity contribution in [2.45, 2.75) is 46.1 Å². The third kappa shape index (κ3) is 5.16. The number of nitrogens with zero attached hydrogens (tertiary/aromatic N) is 3. The number of nitrogens with two attached hydrogens (primary N) is 1. The Morgan fingerprint density at radius 3 is 2.68 bits per heavy atom. The second kappa shape index (κ2) is 6.86. The average Bonchev–Trinajstić information content (AvgIpc) is 2.77. The van der Waals surface area contributed by atoms with Crippen LogP contribution >= 0.6 is 11.3 Å². The number of hydrogen-bond donors (Lipinski definition) is 2. The van der Waals surface area contributed by atoms with Crippen LogP contribution in [0.5, 0.6) is 0 Å². The molecule has 1 aromatic heterocycles. The van der Waals surface area contributed by atoms with Gasteiger partial charge in [-0.15, -0.1) is 11.3 Å². The molecule has 0 aromatic carbocycles. The van der Waals surface area contributed by atoms with E-state index in [0.29, 0.717) is 6.54 Å². The van der Waals surface area contributed by atoms with Crippen LogP contribution in [-0.4, -0.2) is 34.0 Å². The van der Waals surface area contributed by atoms with Gasteiger partial charge in [-0.1, -0.05) is 32.9 Å². The standard InChI is InChI=1S/C13H24N4OS/c1-5-6-17(7-11(14)16-18)8-12-15-10(9-19-12)13(2,3)4/h9,18H,5-8H2,1-4H3,(H2,14,16). The maximum Gasteiger partial charge on any atom is 0.153 e. The molecule has 1 rings (SSSR count). The van der Waals surface area contributed by atoms with Crippen LogP contribution in [0.3, 0.4) is 0 Å². The van der Waals surface area contributed by atoms with Gasteiger partial charge in [-0.2, -0.15) is 0 Å². The first kappa shape index (κ1) is 15.9. The van der Waals surface area contributed by atoms with Gasteiger partial charge in [0.1, 0.15) is 5.01 Å². The molecule has 0 fully saturated rings. The van der Waals surface area contributed by atoms with Gasteiger partial charge in [0.15, 0.2) is 5.84 Å². The smallest absolute Gasteiger partial charge is 0.153 e. The lowest BCUT2D eigenvalue weighted by Gasteiger charge is -2.19. The molecule has 0 aliphatic carbocycles. The van der Waals surface area contributed by atoms with Crippen LogP contribution in [-0.2, 0) is 12.0 Å². The Balaban J connectivity index is 2.71. The van der Waals surface area contributed by atoms with Gasteiger partial charge in [-0.3, -0.25) is 4.90 Å². The number of thiazole rings is 1. The van der Waals surface area contributed by atoms with Gasteiger partial charge in [0, 0.05) is 10.8 Å². The summed E-state index contributed by atoms with van der Waals surface area (Å²) in [6.45, 7) is 10.7. The molecule has 5 nitrogen and oxygen atoms in total. The van der Waals surface area contributed by atoms with Crippen LogP contribution in [0, 0.1) is 0 Å². The summed E-state index contributed by atoms with van der Waals surface area (Å²) in [7, 11) is 0. The molecule has 0 unspecified atom stereocenters. The Morgan fingerprint density at radius 1 is 1.53 bits per heavy atom. The maximum absolute atomic E-state index is 8.65. The maximum atomic E-state index is 8.65. The minimum atomic E-state index is 0.0793. The Hall–Kier alpha value is -1.14. The first-order valence-electron chi connectivity index (χ1n) is 6.50. The van der Waals surface area contributed by atoms with Crippen molar-refractivity contribution in [3.05, 3.63) is 16.1 Å². The second-order valence-electron chi connectivity index (χ2n) is 5.68. The van der Waals surface area contributed by atoms with Crippen molar-refractivity contribution < 1.29 is 5.21 Å². The van der Waals surface area contributed by atoms with Gasteiger partial charge in [-0.25, -0.2) is 4.98 Å². The number of amidine groups is 1. The molecular weight excluding hydrogens is 260 g/mol. The second-order valence-corrected chi connectivity index (χ2v) is 6.62. The van der Waals surface area contributed by atoms with Crippen LogP contribution in [0.25, 0.3) is 0 Å². The highest BCUT2D eigenvalue weighted by molar-refractivity contribution is 7.09. The molecule has 0 atom stereocenters. The molecule has 6 heteroatoms. The lowest BCUT2D eigenvalue weighted by Crippen LogP contribution is -2.34. The van der Waals surface area contributed by atoms with E-state index >= 15 is 0 Å². The third-order valence-electron chi connectivity index (χ3n) is 2.73. The molecule has 108 valence electrons. The molecule has 0 aliphatic rings. The fourth-order valence-corrected chi connectivity index (χ4v) is 2.77. The molecule has 1 heterocycles. The minimum absolute atomic E-state index is 0.0793. The van der Waals surface area contributed by atoms with Gasteiger partial charge in [0.2, 0.25) is 0 Å². The first-order valence-corrected chi connectivity index (χ1v) is 7.38. The van der Waals surface area contributed by atoms with Gasteiger partial charge < -0.3 is 10.9 Å². The van der Waals surface area contributed by atoms with Crippen molar-refractivity contribution in [3.63, 3.8) is 0 Å². The van der Waals surface area contributed by atoms with E-state index in [0.717, 1.165) is 30.2 Å². The van der Waals surface area contributed by atoms with Crippen molar-refractivity contribution >= 4 is 17.2 Å². The highest BCUT2D eigenvalue weighted by Gasteiger charge is 2.18. The van der Waals surface area contributed by atoms with E-state index in [9.17, 15) is 0 Å². The lowest BCUT2D eigenvalue weighted by atomic mass is 9.93. The van der Waals surface area contributed by atoms with Gasteiger partial charge in [-0.05, 0) is 13.0 Å². The first-order chi connectivity index (χ1) is 8.86. The molecule has 0 saturated carbocycles. The Kier molecular flexibility index (Phi) is 5.75. The Labute approximate surface area is 119 Å². The molecule has 0 aliphatic heterocycles. The number of hydrogen-bond acceptors (Lipinski definition) is 5. The molecule has 0 amide bonds. The van der Waals surface area contributed by atoms with Crippen LogP contribution in [0.2, 0.25) is 0 Å². The summed E-state index contributed by atoms with van der Waals surface area (Å²) in [5.74, 6) is 0.237. The fourth-order valence-electron chi connectivity index (χ4n) is 1.71. The normalized spacial score (nSPS) is 13.2. The van der Waals surface area contributed by atoms with Crippen LogP contribution in [0.4, 0.5) is 0 Å². The van der Waals surface area contributed by atoms with E-state index in [4.69, 9.17) is 10.9 Å². The SMILES string of the molecule is CCCN(CC(N)=NO)Cc1nc(C(C)(C)C)cs1. The van der Waals surface area contributed by atoms with E-state index < -0.39 is 0 Å². The molecule has 19 heavy (non-hydrogen) atoms. The van der Waals surface area contributed by atoms with E-state index in [1.165, 1.54) is 0 Å². The minimum Gasteiger partial charge on any atom is -0.409 e. The summed E-state index contributed by atoms with van der Waals surface area (Å²) < 4.78 is 0. The van der Waals surface area contributed by atoms with Crippen LogP contribution in [0.15, 0.2) is 10.5 Å². The van der Waals surface area contributed by atoms with E-state index in [1.807, 2.05) is 0 Å². The summed E-state index contributed by atoms with van der Waals surface area (Å²) in [5, 5.41) is 14.9. The number of rotatable bonds is 6. The summed E-state index contributed by atoms with van der Waals surface area (Å²) in [6, 6.07) is 0. The lowest BCUT2D eigenvalue weighted by molar-refractivity contribution is 0.285. The zero-order valence-electron chi connectivity index (χ0n) is 12.2. The topological polar surface area (TPSA) is 74.7 Å². The number of oxime groups is 1. The van der Waals surface area contributed by atoms with Crippen molar-refractivity contribution in [1.82, 2.24) is 9.88 Å². The highest BCUT2D eigenvalue weighted by Crippen LogP contribution is 2.24. The predicted molar refractivity (Wildman–Crippen MR) is 79.8 cm³/mol. The molecule has 0 bridgehead atoms. The quantitative estimate of drug-likeness (QED) is 0.364. The number of aromatic nitrogens is 1. The molecule has 3 N–H and O–H groups in total. The van der Waals surface area contributed by atoms with Crippen LogP contribution in [0.1, 0.15) is 44.8 Å². The van der Waals surface area contributed by atoms with Crippen molar-refractivity contribution in [1.29, 1.82) is 0 Å². The van der Waals surface area contributed by atoms with E-state index in [2.05, 4.69) is 48.1 Å². The Morgan fingerprint density at radius 2 is 2.21 bits per heavy atom. The zero-order chi connectivity index (χ0) is 14.5. The highest BCUT2D eigenvalue weighted by atomic mass is 32.1. The third-order valence-corrected chi connectivity index (χ3v) is 3.57. The summed E-state index contributed by atoms with van der Waals surface area (Å²) in [4.78, 5) is 6.81. The largest absolute Gasteiger partial charge is 0.409 e. The van der Waals surface area contributed by atoms with Crippen molar-refractivity contribution in [2.24, 2.45) is 10.9 Å². The zero-order valence-corrected chi connectivity index (χ0v) is 13.0.